The Morgan fingerprint density at radius 3 is 1.76 bits per heavy atom. The fraction of sp³-hybridized carbons (Fsp3) is 0.933. The van der Waals surface area contributed by atoms with Crippen molar-refractivity contribution in [1.29, 1.82) is 0 Å². The third-order valence-corrected chi connectivity index (χ3v) is 5.68. The Morgan fingerprint density at radius 2 is 1.47 bits per heavy atom. The molecular formula is C15H24O2. The number of rotatable bonds is 3. The van der Waals surface area contributed by atoms with Crippen LogP contribution in [0.5, 0.6) is 0 Å². The predicted molar refractivity (Wildman–Crippen MR) is 66.6 cm³/mol. The molecule has 1 unspecified atom stereocenters. The second-order valence-corrected chi connectivity index (χ2v) is 7.34. The van der Waals surface area contributed by atoms with E-state index in [1.165, 1.54) is 38.5 Å². The first kappa shape index (κ1) is 11.6. The van der Waals surface area contributed by atoms with Gasteiger partial charge in [-0.1, -0.05) is 13.8 Å². The maximum absolute atomic E-state index is 11.7. The van der Waals surface area contributed by atoms with Crippen molar-refractivity contribution < 1.29 is 9.90 Å². The molecule has 0 heterocycles. The zero-order chi connectivity index (χ0) is 12.2. The van der Waals surface area contributed by atoms with Gasteiger partial charge in [-0.05, 0) is 67.6 Å². The monoisotopic (exact) mass is 236 g/mol. The third kappa shape index (κ3) is 1.71. The SMILES string of the molecule is CC(C)C(C(=O)O)C12CC3CC(CC(C3)C1)C2. The van der Waals surface area contributed by atoms with Crippen LogP contribution in [0.25, 0.3) is 0 Å². The molecule has 1 atom stereocenters. The van der Waals surface area contributed by atoms with Crippen molar-refractivity contribution >= 4 is 5.97 Å². The molecule has 4 aliphatic rings. The Labute approximate surface area is 104 Å². The minimum Gasteiger partial charge on any atom is -0.481 e. The summed E-state index contributed by atoms with van der Waals surface area (Å²) in [6.45, 7) is 4.19. The highest BCUT2D eigenvalue weighted by atomic mass is 16.4. The number of hydrogen-bond acceptors (Lipinski definition) is 1. The number of hydrogen-bond donors (Lipinski definition) is 1. The van der Waals surface area contributed by atoms with Gasteiger partial charge in [0.25, 0.3) is 0 Å². The summed E-state index contributed by atoms with van der Waals surface area (Å²) in [4.78, 5) is 11.7. The van der Waals surface area contributed by atoms with Gasteiger partial charge in [0.1, 0.15) is 0 Å². The van der Waals surface area contributed by atoms with Crippen molar-refractivity contribution in [1.82, 2.24) is 0 Å². The Morgan fingerprint density at radius 1 is 1.06 bits per heavy atom. The molecule has 0 radical (unpaired) electrons. The Balaban J connectivity index is 1.92. The van der Waals surface area contributed by atoms with E-state index in [-0.39, 0.29) is 17.3 Å². The molecular weight excluding hydrogens is 212 g/mol. The van der Waals surface area contributed by atoms with Gasteiger partial charge in [-0.2, -0.15) is 0 Å². The molecule has 4 fully saturated rings. The Bertz CT molecular complexity index is 297. The smallest absolute Gasteiger partial charge is 0.307 e. The molecule has 2 heteroatoms. The lowest BCUT2D eigenvalue weighted by Gasteiger charge is -2.59. The van der Waals surface area contributed by atoms with Gasteiger partial charge < -0.3 is 5.11 Å². The van der Waals surface area contributed by atoms with E-state index in [1.807, 2.05) is 0 Å². The zero-order valence-electron chi connectivity index (χ0n) is 11.0. The molecule has 1 N–H and O–H groups in total. The van der Waals surface area contributed by atoms with E-state index in [0.29, 0.717) is 0 Å². The van der Waals surface area contributed by atoms with Crippen LogP contribution < -0.4 is 0 Å². The highest BCUT2D eigenvalue weighted by Crippen LogP contribution is 2.63. The fourth-order valence-electron chi connectivity index (χ4n) is 5.81. The van der Waals surface area contributed by atoms with E-state index in [4.69, 9.17) is 0 Å². The lowest BCUT2D eigenvalue weighted by Crippen LogP contribution is -2.52. The molecule has 0 aromatic rings. The summed E-state index contributed by atoms with van der Waals surface area (Å²) >= 11 is 0. The molecule has 4 aliphatic carbocycles. The Hall–Kier alpha value is -0.530. The van der Waals surface area contributed by atoms with Crippen LogP contribution in [0.2, 0.25) is 0 Å². The number of carboxylic acids is 1. The van der Waals surface area contributed by atoms with Gasteiger partial charge in [0.05, 0.1) is 5.92 Å². The van der Waals surface area contributed by atoms with Crippen LogP contribution in [0, 0.1) is 35.0 Å². The van der Waals surface area contributed by atoms with E-state index < -0.39 is 5.97 Å². The summed E-state index contributed by atoms with van der Waals surface area (Å²) in [5.41, 5.74) is 0.161. The van der Waals surface area contributed by atoms with Crippen molar-refractivity contribution in [3.05, 3.63) is 0 Å². The van der Waals surface area contributed by atoms with E-state index in [0.717, 1.165) is 17.8 Å². The molecule has 0 spiro atoms. The van der Waals surface area contributed by atoms with Crippen molar-refractivity contribution in [2.75, 3.05) is 0 Å². The average Bonchev–Trinajstić information content (AvgIpc) is 2.11. The van der Waals surface area contributed by atoms with E-state index in [9.17, 15) is 9.90 Å². The molecule has 0 amide bonds. The highest BCUT2D eigenvalue weighted by Gasteiger charge is 2.56. The minimum absolute atomic E-state index is 0.101. The second kappa shape index (κ2) is 3.73. The standard InChI is InChI=1S/C15H24O2/c1-9(2)13(14(16)17)15-6-10-3-11(7-15)5-12(4-10)8-15/h9-13H,3-8H2,1-2H3,(H,16,17). The number of carboxylic acid groups (broad SMARTS) is 1. The van der Waals surface area contributed by atoms with Gasteiger partial charge in [0.15, 0.2) is 0 Å². The molecule has 0 aliphatic heterocycles. The largest absolute Gasteiger partial charge is 0.481 e. The average molecular weight is 236 g/mol. The van der Waals surface area contributed by atoms with E-state index in [1.54, 1.807) is 0 Å². The first-order chi connectivity index (χ1) is 8.00. The van der Waals surface area contributed by atoms with Gasteiger partial charge in [-0.25, -0.2) is 0 Å². The topological polar surface area (TPSA) is 37.3 Å². The summed E-state index contributed by atoms with van der Waals surface area (Å²) in [5, 5.41) is 9.60. The zero-order valence-corrected chi connectivity index (χ0v) is 11.0. The molecule has 17 heavy (non-hydrogen) atoms. The van der Waals surface area contributed by atoms with Crippen LogP contribution in [0.1, 0.15) is 52.4 Å². The highest BCUT2D eigenvalue weighted by molar-refractivity contribution is 5.71. The van der Waals surface area contributed by atoms with Crippen molar-refractivity contribution in [2.45, 2.75) is 52.4 Å². The maximum Gasteiger partial charge on any atom is 0.307 e. The van der Waals surface area contributed by atoms with Crippen LogP contribution in [-0.4, -0.2) is 11.1 Å². The van der Waals surface area contributed by atoms with Gasteiger partial charge >= 0.3 is 5.97 Å². The molecule has 4 bridgehead atoms. The van der Waals surface area contributed by atoms with Crippen molar-refractivity contribution in [3.8, 4) is 0 Å². The fourth-order valence-corrected chi connectivity index (χ4v) is 5.81. The van der Waals surface area contributed by atoms with Gasteiger partial charge in [-0.15, -0.1) is 0 Å². The Kier molecular flexibility index (Phi) is 2.53. The van der Waals surface area contributed by atoms with Crippen LogP contribution in [0.15, 0.2) is 0 Å². The summed E-state index contributed by atoms with van der Waals surface area (Å²) in [6, 6.07) is 0. The molecule has 4 saturated carbocycles. The molecule has 0 saturated heterocycles. The number of carbonyl (C=O) groups is 1. The molecule has 0 aromatic heterocycles. The molecule has 0 aromatic carbocycles. The summed E-state index contributed by atoms with van der Waals surface area (Å²) in [7, 11) is 0. The van der Waals surface area contributed by atoms with Crippen LogP contribution in [-0.2, 0) is 4.79 Å². The van der Waals surface area contributed by atoms with Crippen molar-refractivity contribution in [3.63, 3.8) is 0 Å². The second-order valence-electron chi connectivity index (χ2n) is 7.34. The van der Waals surface area contributed by atoms with E-state index >= 15 is 0 Å². The molecule has 2 nitrogen and oxygen atoms in total. The summed E-state index contributed by atoms with van der Waals surface area (Å²) in [6.07, 6.45) is 7.79. The van der Waals surface area contributed by atoms with E-state index in [2.05, 4.69) is 13.8 Å². The van der Waals surface area contributed by atoms with Crippen molar-refractivity contribution in [2.24, 2.45) is 35.0 Å². The van der Waals surface area contributed by atoms with Gasteiger partial charge in [0, 0.05) is 0 Å². The molecule has 4 rings (SSSR count). The normalized spacial score (nSPS) is 45.2. The molecule has 96 valence electrons. The summed E-state index contributed by atoms with van der Waals surface area (Å²) < 4.78 is 0. The van der Waals surface area contributed by atoms with Crippen LogP contribution in [0.4, 0.5) is 0 Å². The minimum atomic E-state index is -0.540. The first-order valence-corrected chi connectivity index (χ1v) is 7.23. The predicted octanol–water partition coefficient (Wildman–Crippen LogP) is 3.56. The van der Waals surface area contributed by atoms with Gasteiger partial charge in [0.2, 0.25) is 0 Å². The third-order valence-electron chi connectivity index (χ3n) is 5.68. The first-order valence-electron chi connectivity index (χ1n) is 7.23. The lowest BCUT2D eigenvalue weighted by molar-refractivity contribution is -0.162. The van der Waals surface area contributed by atoms with Gasteiger partial charge in [-0.3, -0.25) is 4.79 Å². The summed E-state index contributed by atoms with van der Waals surface area (Å²) in [5.74, 6) is 2.19. The quantitative estimate of drug-likeness (QED) is 0.813. The van der Waals surface area contributed by atoms with Crippen LogP contribution in [0.3, 0.4) is 0 Å². The number of aliphatic carboxylic acids is 1. The maximum atomic E-state index is 11.7. The lowest BCUT2D eigenvalue weighted by atomic mass is 9.45. The van der Waals surface area contributed by atoms with Crippen LogP contribution >= 0.6 is 0 Å².